The molecule has 2 aromatic heterocycles. The molecule has 0 radical (unpaired) electrons. The molecule has 0 saturated carbocycles. The first-order valence-electron chi connectivity index (χ1n) is 4.34. The predicted octanol–water partition coefficient (Wildman–Crippen LogP) is 2.37. The highest BCUT2D eigenvalue weighted by atomic mass is 35.5. The topological polar surface area (TPSA) is 80.0 Å². The van der Waals surface area contributed by atoms with E-state index in [-0.39, 0.29) is 0 Å². The minimum atomic E-state index is -0.469. The van der Waals surface area contributed by atoms with Gasteiger partial charge in [-0.1, -0.05) is 16.8 Å². The number of aromatic nitrogens is 2. The molecule has 2 N–H and O–H groups in total. The van der Waals surface area contributed by atoms with Crippen molar-refractivity contribution in [2.24, 2.45) is 0 Å². The Morgan fingerprint density at radius 3 is 2.81 bits per heavy atom. The number of anilines is 2. The summed E-state index contributed by atoms with van der Waals surface area (Å²) in [5.74, 6) is 0.674. The molecule has 82 valence electrons. The van der Waals surface area contributed by atoms with Crippen molar-refractivity contribution in [2.45, 2.75) is 0 Å². The summed E-state index contributed by atoms with van der Waals surface area (Å²) in [4.78, 5) is 15.3. The molecule has 0 saturated heterocycles. The molecule has 0 aliphatic rings. The van der Waals surface area contributed by atoms with Crippen molar-refractivity contribution < 1.29 is 9.32 Å². The van der Waals surface area contributed by atoms with Crippen LogP contribution in [0.1, 0.15) is 0 Å². The van der Waals surface area contributed by atoms with Crippen LogP contribution in [0.2, 0.25) is 5.02 Å². The fraction of sp³-hybridized carbons (Fsp3) is 0. The zero-order valence-corrected chi connectivity index (χ0v) is 8.73. The van der Waals surface area contributed by atoms with Crippen LogP contribution < -0.4 is 10.6 Å². The molecule has 2 rings (SSSR count). The number of urea groups is 1. The molecule has 16 heavy (non-hydrogen) atoms. The Kier molecular flexibility index (Phi) is 3.02. The first kappa shape index (κ1) is 10.4. The lowest BCUT2D eigenvalue weighted by Crippen LogP contribution is -2.20. The lowest BCUT2D eigenvalue weighted by molar-refractivity contribution is 0.262. The van der Waals surface area contributed by atoms with Gasteiger partial charge in [0.25, 0.3) is 0 Å². The van der Waals surface area contributed by atoms with Crippen LogP contribution in [0.3, 0.4) is 0 Å². The van der Waals surface area contributed by atoms with Gasteiger partial charge in [-0.3, -0.25) is 10.6 Å². The number of halogens is 1. The van der Waals surface area contributed by atoms with E-state index in [9.17, 15) is 4.79 Å². The van der Waals surface area contributed by atoms with Crippen LogP contribution in [0.4, 0.5) is 16.4 Å². The Morgan fingerprint density at radius 2 is 2.12 bits per heavy atom. The second-order valence-electron chi connectivity index (χ2n) is 2.82. The van der Waals surface area contributed by atoms with Gasteiger partial charge in [-0.2, -0.15) is 0 Å². The fourth-order valence-corrected chi connectivity index (χ4v) is 1.17. The van der Waals surface area contributed by atoms with E-state index in [4.69, 9.17) is 11.6 Å². The van der Waals surface area contributed by atoms with E-state index in [1.807, 2.05) is 0 Å². The molecule has 6 nitrogen and oxygen atoms in total. The fourth-order valence-electron chi connectivity index (χ4n) is 1.01. The van der Waals surface area contributed by atoms with Crippen molar-refractivity contribution >= 4 is 29.3 Å². The van der Waals surface area contributed by atoms with E-state index in [0.29, 0.717) is 16.7 Å². The third-order valence-corrected chi connectivity index (χ3v) is 1.88. The number of nitrogens with one attached hydrogen (secondary N) is 2. The molecule has 2 amide bonds. The molecule has 0 fully saturated rings. The van der Waals surface area contributed by atoms with Crippen molar-refractivity contribution in [3.05, 3.63) is 35.7 Å². The van der Waals surface area contributed by atoms with Gasteiger partial charge in [0.05, 0.1) is 0 Å². The van der Waals surface area contributed by atoms with Gasteiger partial charge in [-0.05, 0) is 12.1 Å². The first-order chi connectivity index (χ1) is 7.74. The molecule has 0 unspecified atom stereocenters. The smallest absolute Gasteiger partial charge is 0.326 e. The van der Waals surface area contributed by atoms with Crippen LogP contribution >= 0.6 is 11.6 Å². The molecule has 0 aliphatic carbocycles. The highest BCUT2D eigenvalue weighted by Crippen LogP contribution is 2.12. The van der Waals surface area contributed by atoms with Crippen molar-refractivity contribution in [3.63, 3.8) is 0 Å². The quantitative estimate of drug-likeness (QED) is 0.842. The maximum atomic E-state index is 11.4. The number of hydrogen-bond acceptors (Lipinski definition) is 4. The molecule has 2 heterocycles. The number of amides is 2. The summed E-state index contributed by atoms with van der Waals surface area (Å²) >= 11 is 5.73. The van der Waals surface area contributed by atoms with Gasteiger partial charge in [0.2, 0.25) is 0 Å². The second kappa shape index (κ2) is 4.63. The number of carbonyl (C=O) groups is 1. The van der Waals surface area contributed by atoms with Crippen LogP contribution in [0.15, 0.2) is 35.2 Å². The average Bonchev–Trinajstić information content (AvgIpc) is 2.70. The van der Waals surface area contributed by atoms with Crippen LogP contribution in [0.5, 0.6) is 0 Å². The average molecular weight is 239 g/mol. The summed E-state index contributed by atoms with van der Waals surface area (Å²) in [6.45, 7) is 0. The minimum absolute atomic E-state index is 0.319. The summed E-state index contributed by atoms with van der Waals surface area (Å²) in [7, 11) is 0. The Balaban J connectivity index is 1.97. The van der Waals surface area contributed by atoms with Crippen molar-refractivity contribution in [3.8, 4) is 0 Å². The Bertz CT molecular complexity index is 486. The molecule has 0 atom stereocenters. The molecular formula is C9H7ClN4O2. The number of rotatable bonds is 2. The standard InChI is InChI=1S/C9H7ClN4O2/c10-6-1-3-11-8(5-6)13-9(15)12-7-2-4-16-14-7/h1-5H,(H2,11,12,13,14,15). The van der Waals surface area contributed by atoms with Crippen LogP contribution in [-0.2, 0) is 0 Å². The highest BCUT2D eigenvalue weighted by molar-refractivity contribution is 6.30. The van der Waals surface area contributed by atoms with Crippen molar-refractivity contribution in [2.75, 3.05) is 10.6 Å². The Labute approximate surface area is 95.6 Å². The second-order valence-corrected chi connectivity index (χ2v) is 3.26. The van der Waals surface area contributed by atoms with Crippen LogP contribution in [0.25, 0.3) is 0 Å². The van der Waals surface area contributed by atoms with Gasteiger partial charge >= 0.3 is 6.03 Å². The van der Waals surface area contributed by atoms with Crippen LogP contribution in [-0.4, -0.2) is 16.2 Å². The van der Waals surface area contributed by atoms with Gasteiger partial charge in [-0.15, -0.1) is 0 Å². The van der Waals surface area contributed by atoms with Gasteiger partial charge in [0.1, 0.15) is 12.1 Å². The molecule has 0 aliphatic heterocycles. The Morgan fingerprint density at radius 1 is 1.31 bits per heavy atom. The van der Waals surface area contributed by atoms with E-state index in [1.54, 1.807) is 6.07 Å². The summed E-state index contributed by atoms with van der Waals surface area (Å²) in [6.07, 6.45) is 2.85. The maximum Gasteiger partial charge on any atom is 0.326 e. The first-order valence-corrected chi connectivity index (χ1v) is 4.72. The number of nitrogens with zero attached hydrogens (tertiary/aromatic N) is 2. The number of pyridine rings is 1. The third-order valence-electron chi connectivity index (χ3n) is 1.64. The zero-order valence-electron chi connectivity index (χ0n) is 7.98. The van der Waals surface area contributed by atoms with E-state index in [0.717, 1.165) is 0 Å². The van der Waals surface area contributed by atoms with E-state index in [2.05, 4.69) is 25.3 Å². The normalized spacial score (nSPS) is 9.81. The van der Waals surface area contributed by atoms with E-state index < -0.39 is 6.03 Å². The van der Waals surface area contributed by atoms with E-state index in [1.165, 1.54) is 24.6 Å². The summed E-state index contributed by atoms with van der Waals surface area (Å²) in [6, 6.07) is 4.20. The SMILES string of the molecule is O=C(Nc1cc(Cl)ccn1)Nc1ccon1. The van der Waals surface area contributed by atoms with Gasteiger partial charge in [0.15, 0.2) is 5.82 Å². The molecule has 0 spiro atoms. The maximum absolute atomic E-state index is 11.4. The van der Waals surface area contributed by atoms with Crippen molar-refractivity contribution in [1.29, 1.82) is 0 Å². The van der Waals surface area contributed by atoms with Crippen LogP contribution in [0, 0.1) is 0 Å². The number of carbonyl (C=O) groups excluding carboxylic acids is 1. The largest absolute Gasteiger partial charge is 0.363 e. The van der Waals surface area contributed by atoms with E-state index >= 15 is 0 Å². The van der Waals surface area contributed by atoms with Gasteiger partial charge in [0, 0.05) is 17.3 Å². The molecule has 0 bridgehead atoms. The zero-order chi connectivity index (χ0) is 11.4. The summed E-state index contributed by atoms with van der Waals surface area (Å²) in [5.41, 5.74) is 0. The highest BCUT2D eigenvalue weighted by Gasteiger charge is 2.05. The van der Waals surface area contributed by atoms with Gasteiger partial charge < -0.3 is 4.52 Å². The Hall–Kier alpha value is -2.08. The van der Waals surface area contributed by atoms with Crippen molar-refractivity contribution in [1.82, 2.24) is 10.1 Å². The monoisotopic (exact) mass is 238 g/mol. The third kappa shape index (κ3) is 2.71. The summed E-state index contributed by atoms with van der Waals surface area (Å²) in [5, 5.41) is 8.96. The lowest BCUT2D eigenvalue weighted by atomic mass is 10.4. The molecular weight excluding hydrogens is 232 g/mol. The summed E-state index contributed by atoms with van der Waals surface area (Å²) < 4.78 is 4.56. The molecule has 2 aromatic rings. The number of hydrogen-bond donors (Lipinski definition) is 2. The molecule has 0 aromatic carbocycles. The predicted molar refractivity (Wildman–Crippen MR) is 58.4 cm³/mol. The molecule has 7 heteroatoms. The van der Waals surface area contributed by atoms with Gasteiger partial charge in [-0.25, -0.2) is 9.78 Å². The minimum Gasteiger partial charge on any atom is -0.363 e. The lowest BCUT2D eigenvalue weighted by Gasteiger charge is -2.03.